The number of nitrogens with zero attached hydrogens (tertiary/aromatic N) is 3. The summed E-state index contributed by atoms with van der Waals surface area (Å²) < 4.78 is 12.9. The molecular weight excluding hydrogens is 870 g/mol. The van der Waals surface area contributed by atoms with Crippen LogP contribution < -0.4 is 5.30 Å². The zero-order chi connectivity index (χ0) is 47.0. The van der Waals surface area contributed by atoms with Gasteiger partial charge < -0.3 is 4.57 Å². The second kappa shape index (κ2) is 17.0. The van der Waals surface area contributed by atoms with E-state index in [2.05, 4.69) is 206 Å². The third-order valence-corrected chi connectivity index (χ3v) is 17.9. The molecule has 4 aliphatic rings. The molecule has 4 aliphatic carbocycles. The summed E-state index contributed by atoms with van der Waals surface area (Å²) in [5.74, 6) is 4.76. The highest BCUT2D eigenvalue weighted by Gasteiger charge is 2.58. The van der Waals surface area contributed by atoms with Crippen molar-refractivity contribution in [1.29, 1.82) is 0 Å². The Morgan fingerprint density at radius 1 is 0.371 bits per heavy atom. The van der Waals surface area contributed by atoms with E-state index in [1.54, 1.807) is 0 Å². The van der Waals surface area contributed by atoms with Crippen LogP contribution in [0.15, 0.2) is 206 Å². The second-order valence-electron chi connectivity index (χ2n) is 20.7. The van der Waals surface area contributed by atoms with E-state index >= 15 is 0 Å². The van der Waals surface area contributed by atoms with Gasteiger partial charge in [0.05, 0.1) is 0 Å². The number of benzene rings is 9. The summed E-state index contributed by atoms with van der Waals surface area (Å²) in [5, 5.41) is 5.46. The largest absolute Gasteiger partial charge is 0.319 e. The first-order valence-electron chi connectivity index (χ1n) is 25.1. The molecule has 0 atom stereocenters. The maximum absolute atomic E-state index is 12.9. The molecule has 4 bridgehead atoms. The van der Waals surface area contributed by atoms with Gasteiger partial charge in [-0.2, -0.15) is 0 Å². The number of hydrogen-bond donors (Lipinski definition) is 0. The van der Waals surface area contributed by atoms with Crippen molar-refractivity contribution >= 4 is 34.0 Å². The number of aromatic nitrogens is 3. The Hall–Kier alpha value is -7.26. The minimum atomic E-state index is -2.35. The molecule has 10 aromatic rings. The van der Waals surface area contributed by atoms with E-state index in [1.807, 2.05) is 13.3 Å². The van der Waals surface area contributed by atoms with Crippen molar-refractivity contribution in [2.45, 2.75) is 37.5 Å². The third-order valence-electron chi connectivity index (χ3n) is 16.3. The lowest BCUT2D eigenvalue weighted by molar-refractivity contribution is -0.0418. The van der Waals surface area contributed by atoms with Crippen molar-refractivity contribution in [3.05, 3.63) is 217 Å². The molecule has 9 aromatic carbocycles. The smallest absolute Gasteiger partial charge is 0.165 e. The number of rotatable bonds is 9. The molecule has 0 spiro atoms. The summed E-state index contributed by atoms with van der Waals surface area (Å²) in [5.41, 5.74) is 12.7. The van der Waals surface area contributed by atoms with Gasteiger partial charge in [-0.15, -0.1) is 0 Å². The summed E-state index contributed by atoms with van der Waals surface area (Å²) in [7, 11) is -2.35. The van der Waals surface area contributed by atoms with Crippen molar-refractivity contribution < 1.29 is 4.57 Å². The van der Waals surface area contributed by atoms with Crippen LogP contribution in [0.1, 0.15) is 43.2 Å². The van der Waals surface area contributed by atoms with Crippen LogP contribution in [0.4, 0.5) is 0 Å². The third kappa shape index (κ3) is 7.26. The molecule has 0 unspecified atom stereocenters. The van der Waals surface area contributed by atoms with E-state index in [1.165, 1.54) is 71.0 Å². The van der Waals surface area contributed by atoms with Gasteiger partial charge in [-0.1, -0.05) is 206 Å². The summed E-state index contributed by atoms with van der Waals surface area (Å²) in [6.07, 6.45) is 6.52. The maximum Gasteiger partial charge on any atom is 0.165 e. The van der Waals surface area contributed by atoms with Crippen LogP contribution in [-0.2, 0) is 9.98 Å². The van der Waals surface area contributed by atoms with Crippen molar-refractivity contribution in [2.24, 2.45) is 23.7 Å². The van der Waals surface area contributed by atoms with Gasteiger partial charge in [0.25, 0.3) is 0 Å². The molecule has 0 radical (unpaired) electrons. The Morgan fingerprint density at radius 2 is 0.786 bits per heavy atom. The van der Waals surface area contributed by atoms with Crippen LogP contribution in [0.2, 0.25) is 0 Å². The summed E-state index contributed by atoms with van der Waals surface area (Å²) in [4.78, 5) is 16.2. The quantitative estimate of drug-likeness (QED) is 0.107. The van der Waals surface area contributed by atoms with Gasteiger partial charge in [0.1, 0.15) is 7.14 Å². The normalized spacial score (nSPS) is 20.5. The Morgan fingerprint density at radius 3 is 1.33 bits per heavy atom. The molecule has 0 aliphatic heterocycles. The summed E-state index contributed by atoms with van der Waals surface area (Å²) >= 11 is 0. The average molecular weight is 924 g/mol. The Bertz CT molecular complexity index is 3550. The van der Waals surface area contributed by atoms with Gasteiger partial charge in [0, 0.05) is 27.4 Å². The lowest BCUT2D eigenvalue weighted by Crippen LogP contribution is -2.56. The predicted molar refractivity (Wildman–Crippen MR) is 291 cm³/mol. The van der Waals surface area contributed by atoms with Gasteiger partial charge in [-0.25, -0.2) is 15.0 Å². The number of fused-ring (bicyclic) bond motifs is 2. The van der Waals surface area contributed by atoms with E-state index in [9.17, 15) is 4.57 Å². The first kappa shape index (κ1) is 42.8. The van der Waals surface area contributed by atoms with Gasteiger partial charge in [0.2, 0.25) is 0 Å². The molecule has 0 N–H and O–H groups in total. The van der Waals surface area contributed by atoms with E-state index in [4.69, 9.17) is 15.0 Å². The van der Waals surface area contributed by atoms with E-state index < -0.39 is 7.14 Å². The monoisotopic (exact) mass is 923 g/mol. The molecule has 14 rings (SSSR count). The minimum Gasteiger partial charge on any atom is -0.319 e. The predicted octanol–water partition coefficient (Wildman–Crippen LogP) is 16.2. The van der Waals surface area contributed by atoms with Gasteiger partial charge >= 0.3 is 0 Å². The van der Waals surface area contributed by atoms with Crippen LogP contribution in [0, 0.1) is 23.7 Å². The summed E-state index contributed by atoms with van der Waals surface area (Å²) in [6, 6.07) is 74.5. The molecule has 0 amide bonds. The minimum absolute atomic E-state index is 0.0985. The molecule has 4 saturated carbocycles. The molecule has 5 heteroatoms. The first-order valence-corrected chi connectivity index (χ1v) is 27.7. The van der Waals surface area contributed by atoms with Crippen LogP contribution >= 0.6 is 7.14 Å². The fraction of sp³-hybridized carbons (Fsp3) is 0.185. The highest BCUT2D eigenvalue weighted by atomic mass is 31.2. The van der Waals surface area contributed by atoms with Gasteiger partial charge in [-0.3, -0.25) is 0 Å². The van der Waals surface area contributed by atoms with Gasteiger partial charge in [-0.05, 0) is 135 Å². The highest BCUT2D eigenvalue weighted by Crippen LogP contribution is 2.65. The zero-order valence-corrected chi connectivity index (χ0v) is 40.6. The Kier molecular flexibility index (Phi) is 10.4. The van der Waals surface area contributed by atoms with Crippen molar-refractivity contribution in [2.75, 3.05) is 13.3 Å². The Labute approximate surface area is 411 Å². The van der Waals surface area contributed by atoms with Crippen LogP contribution in [0.3, 0.4) is 0 Å². The van der Waals surface area contributed by atoms with Gasteiger partial charge in [0.15, 0.2) is 17.5 Å². The van der Waals surface area contributed by atoms with Crippen LogP contribution in [0.5, 0.6) is 0 Å². The molecule has 4 nitrogen and oxygen atoms in total. The molecular formula is C65H54N3OP. The molecule has 1 heterocycles. The van der Waals surface area contributed by atoms with Crippen molar-refractivity contribution in [3.63, 3.8) is 0 Å². The summed E-state index contributed by atoms with van der Waals surface area (Å²) in [6.45, 7) is 3.70. The first-order chi connectivity index (χ1) is 34.3. The van der Waals surface area contributed by atoms with Crippen LogP contribution in [0.25, 0.3) is 89.1 Å². The molecule has 1 aromatic heterocycles. The van der Waals surface area contributed by atoms with E-state index in [-0.39, 0.29) is 5.41 Å². The molecule has 340 valence electrons. The Balaban J connectivity index is 0.970. The average Bonchev–Trinajstić information content (AvgIpc) is 3.40. The maximum atomic E-state index is 12.9. The van der Waals surface area contributed by atoms with E-state index in [0.717, 1.165) is 60.9 Å². The van der Waals surface area contributed by atoms with Crippen LogP contribution in [-0.4, -0.2) is 28.3 Å². The van der Waals surface area contributed by atoms with E-state index in [0.29, 0.717) is 29.3 Å². The van der Waals surface area contributed by atoms with Crippen molar-refractivity contribution in [1.82, 2.24) is 15.0 Å². The number of hydrogen-bond acceptors (Lipinski definition) is 4. The zero-order valence-electron chi connectivity index (χ0n) is 39.7. The fourth-order valence-corrected chi connectivity index (χ4v) is 14.2. The lowest BCUT2D eigenvalue weighted by Gasteiger charge is -2.62. The molecule has 70 heavy (non-hydrogen) atoms. The second-order valence-corrected chi connectivity index (χ2v) is 23.9. The topological polar surface area (TPSA) is 55.7 Å². The molecule has 4 fully saturated rings. The lowest BCUT2D eigenvalue weighted by atomic mass is 9.42. The molecule has 0 saturated heterocycles. The SMILES string of the molecule is CP(C)(=O)c1ccc(-c2cccc(C3(c4ccc(-c5nc(-c6ccc(-c7ccccc7)cc6)nc(-c6c7ccccc7c(-c7ccccc7)c7ccccc67)n5)cc4)C4CC5CC(C4)CC3C5)c2)cc1. The fourth-order valence-electron chi connectivity index (χ4n) is 13.4. The highest BCUT2D eigenvalue weighted by molar-refractivity contribution is 7.70. The standard InChI is InChI=1S/C65H54N3OP/c1-70(2,69)55-34-30-46(31-35-55)50-18-13-19-52(41-50)65(53-37-42-36-43(39-53)40-54(65)38-42)51-32-28-49(29-33-51)63-66-62(48-26-24-45(25-27-48)44-14-5-3-6-15-44)67-64(68-63)61-58-22-11-9-20-56(58)60(47-16-7-4-8-17-47)57-21-10-12-23-59(57)61/h3-35,41-43,53-54H,36-40H2,1-2H3. The van der Waals surface area contributed by atoms with Crippen molar-refractivity contribution in [3.8, 4) is 67.5 Å².